The summed E-state index contributed by atoms with van der Waals surface area (Å²) < 4.78 is 7.99. The first kappa shape index (κ1) is 18.3. The molecule has 142 valence electrons. The van der Waals surface area contributed by atoms with E-state index >= 15 is 0 Å². The highest BCUT2D eigenvalue weighted by atomic mass is 35.5. The lowest BCUT2D eigenvalue weighted by atomic mass is 10.2. The number of ether oxygens (including phenoxy) is 1. The Morgan fingerprint density at radius 2 is 1.93 bits per heavy atom. The third kappa shape index (κ3) is 3.67. The molecular formula is C18H16ClN7OS. The number of benzene rings is 2. The molecule has 0 fully saturated rings. The van der Waals surface area contributed by atoms with Crippen LogP contribution in [0.4, 0.5) is 0 Å². The minimum absolute atomic E-state index is 0.286. The van der Waals surface area contributed by atoms with E-state index in [2.05, 4.69) is 25.6 Å². The minimum Gasteiger partial charge on any atom is -0.492 e. The summed E-state index contributed by atoms with van der Waals surface area (Å²) in [6.45, 7) is 2.77. The molecule has 2 heterocycles. The Morgan fingerprint density at radius 3 is 2.71 bits per heavy atom. The lowest BCUT2D eigenvalue weighted by molar-refractivity contribution is 0.338. The van der Waals surface area contributed by atoms with Crippen molar-refractivity contribution in [2.24, 2.45) is 0 Å². The number of halogens is 1. The first-order valence-corrected chi connectivity index (χ1v) is 9.36. The number of para-hydroxylation sites is 2. The van der Waals surface area contributed by atoms with E-state index in [0.29, 0.717) is 28.0 Å². The van der Waals surface area contributed by atoms with Crippen LogP contribution in [0.5, 0.6) is 5.75 Å². The smallest absolute Gasteiger partial charge is 0.204 e. The Balaban J connectivity index is 1.66. The highest BCUT2D eigenvalue weighted by molar-refractivity contribution is 7.71. The van der Waals surface area contributed by atoms with Gasteiger partial charge in [-0.1, -0.05) is 23.7 Å². The van der Waals surface area contributed by atoms with Gasteiger partial charge < -0.3 is 4.74 Å². The van der Waals surface area contributed by atoms with E-state index in [1.54, 1.807) is 12.1 Å². The molecule has 10 heteroatoms. The second-order valence-corrected chi connectivity index (χ2v) is 6.65. The predicted molar refractivity (Wildman–Crippen MR) is 107 cm³/mol. The molecule has 0 aliphatic rings. The fourth-order valence-electron chi connectivity index (χ4n) is 2.75. The molecule has 2 aromatic heterocycles. The Bertz CT molecular complexity index is 1150. The van der Waals surface area contributed by atoms with E-state index in [1.807, 2.05) is 47.9 Å². The number of hydrogen-bond donors (Lipinski definition) is 1. The molecule has 2 aromatic carbocycles. The molecule has 4 rings (SSSR count). The van der Waals surface area contributed by atoms with Gasteiger partial charge >= 0.3 is 0 Å². The Kier molecular flexibility index (Phi) is 5.18. The Labute approximate surface area is 170 Å². The monoisotopic (exact) mass is 413 g/mol. The van der Waals surface area contributed by atoms with Crippen molar-refractivity contribution in [1.82, 2.24) is 35.0 Å². The number of aromatic nitrogens is 7. The molecule has 0 spiro atoms. The van der Waals surface area contributed by atoms with Crippen LogP contribution in [-0.2, 0) is 6.54 Å². The van der Waals surface area contributed by atoms with Crippen LogP contribution in [0, 0.1) is 4.77 Å². The van der Waals surface area contributed by atoms with Crippen molar-refractivity contribution in [3.63, 3.8) is 0 Å². The third-order valence-corrected chi connectivity index (χ3v) is 4.51. The summed E-state index contributed by atoms with van der Waals surface area (Å²) in [5, 5.41) is 20.5. The maximum Gasteiger partial charge on any atom is 0.204 e. The highest BCUT2D eigenvalue weighted by Crippen LogP contribution is 2.24. The largest absolute Gasteiger partial charge is 0.492 e. The molecule has 8 nitrogen and oxygen atoms in total. The van der Waals surface area contributed by atoms with Gasteiger partial charge in [0.05, 0.1) is 12.3 Å². The minimum atomic E-state index is 0.286. The van der Waals surface area contributed by atoms with Gasteiger partial charge in [0, 0.05) is 10.6 Å². The van der Waals surface area contributed by atoms with Crippen LogP contribution in [0.1, 0.15) is 12.7 Å². The standard InChI is InChI=1S/C18H16ClN7OS/c1-2-27-15-6-4-3-5-14(15)26-16(20-22-18(26)28)11-25-23-17(21-24-25)12-7-9-13(19)10-8-12/h3-10H,2,11H2,1H3,(H,22,28). The average Bonchev–Trinajstić information content (AvgIpc) is 3.31. The molecule has 1 N–H and O–H groups in total. The topological polar surface area (TPSA) is 86.4 Å². The second-order valence-electron chi connectivity index (χ2n) is 5.83. The van der Waals surface area contributed by atoms with Crippen molar-refractivity contribution in [2.75, 3.05) is 6.61 Å². The highest BCUT2D eigenvalue weighted by Gasteiger charge is 2.15. The van der Waals surface area contributed by atoms with Gasteiger partial charge in [0.15, 0.2) is 10.6 Å². The molecule has 0 unspecified atom stereocenters. The van der Waals surface area contributed by atoms with Crippen molar-refractivity contribution >= 4 is 23.8 Å². The van der Waals surface area contributed by atoms with Crippen LogP contribution in [0.2, 0.25) is 5.02 Å². The van der Waals surface area contributed by atoms with Crippen LogP contribution in [-0.4, -0.2) is 41.6 Å². The van der Waals surface area contributed by atoms with Crippen molar-refractivity contribution < 1.29 is 4.74 Å². The molecular weight excluding hydrogens is 398 g/mol. The summed E-state index contributed by atoms with van der Waals surface area (Å²) in [6, 6.07) is 14.9. The summed E-state index contributed by atoms with van der Waals surface area (Å²) >= 11 is 11.3. The SMILES string of the molecule is CCOc1ccccc1-n1c(Cn2nnc(-c3ccc(Cl)cc3)n2)n[nH]c1=S. The molecule has 0 bridgehead atoms. The van der Waals surface area contributed by atoms with Gasteiger partial charge in [0.1, 0.15) is 12.3 Å². The van der Waals surface area contributed by atoms with Crippen molar-refractivity contribution in [1.29, 1.82) is 0 Å². The zero-order valence-corrected chi connectivity index (χ0v) is 16.5. The average molecular weight is 414 g/mol. The van der Waals surface area contributed by atoms with Crippen LogP contribution in [0.25, 0.3) is 17.1 Å². The van der Waals surface area contributed by atoms with Crippen molar-refractivity contribution in [3.8, 4) is 22.8 Å². The molecule has 0 aliphatic heterocycles. The molecule has 28 heavy (non-hydrogen) atoms. The number of tetrazole rings is 1. The Morgan fingerprint density at radius 1 is 1.14 bits per heavy atom. The molecule has 0 amide bonds. The number of H-pyrrole nitrogens is 1. The van der Waals surface area contributed by atoms with Gasteiger partial charge in [0.25, 0.3) is 0 Å². The van der Waals surface area contributed by atoms with Crippen LogP contribution >= 0.6 is 23.8 Å². The van der Waals surface area contributed by atoms with Crippen LogP contribution < -0.4 is 4.74 Å². The number of aromatic amines is 1. The zero-order valence-electron chi connectivity index (χ0n) is 14.9. The number of nitrogens with one attached hydrogen (secondary N) is 1. The second kappa shape index (κ2) is 7.91. The molecule has 0 saturated carbocycles. The first-order chi connectivity index (χ1) is 13.7. The summed E-state index contributed by atoms with van der Waals surface area (Å²) in [5.41, 5.74) is 1.63. The van der Waals surface area contributed by atoms with Gasteiger partial charge in [0.2, 0.25) is 5.82 Å². The van der Waals surface area contributed by atoms with Gasteiger partial charge in [-0.25, -0.2) is 0 Å². The maximum absolute atomic E-state index is 5.93. The van der Waals surface area contributed by atoms with E-state index in [-0.39, 0.29) is 6.54 Å². The fourth-order valence-corrected chi connectivity index (χ4v) is 3.13. The first-order valence-electron chi connectivity index (χ1n) is 8.58. The molecule has 4 aromatic rings. The van der Waals surface area contributed by atoms with Gasteiger partial charge in [-0.15, -0.1) is 10.2 Å². The van der Waals surface area contributed by atoms with Crippen molar-refractivity contribution in [3.05, 3.63) is 64.1 Å². The van der Waals surface area contributed by atoms with E-state index in [1.165, 1.54) is 4.80 Å². The van der Waals surface area contributed by atoms with Crippen LogP contribution in [0.15, 0.2) is 48.5 Å². The van der Waals surface area contributed by atoms with Gasteiger partial charge in [-0.2, -0.15) is 9.90 Å². The lowest BCUT2D eigenvalue weighted by Gasteiger charge is -2.12. The van der Waals surface area contributed by atoms with Gasteiger partial charge in [-0.3, -0.25) is 9.67 Å². The number of nitrogens with zero attached hydrogens (tertiary/aromatic N) is 6. The van der Waals surface area contributed by atoms with Crippen LogP contribution in [0.3, 0.4) is 0 Å². The van der Waals surface area contributed by atoms with Gasteiger partial charge in [-0.05, 0) is 60.8 Å². The molecule has 0 radical (unpaired) electrons. The predicted octanol–water partition coefficient (Wildman–Crippen LogP) is 3.68. The van der Waals surface area contributed by atoms with E-state index in [9.17, 15) is 0 Å². The number of hydrogen-bond acceptors (Lipinski definition) is 6. The zero-order chi connectivity index (χ0) is 19.5. The van der Waals surface area contributed by atoms with E-state index in [4.69, 9.17) is 28.6 Å². The summed E-state index contributed by atoms with van der Waals surface area (Å²) in [7, 11) is 0. The third-order valence-electron chi connectivity index (χ3n) is 3.99. The van der Waals surface area contributed by atoms with E-state index < -0.39 is 0 Å². The molecule has 0 aliphatic carbocycles. The van der Waals surface area contributed by atoms with Crippen molar-refractivity contribution in [2.45, 2.75) is 13.5 Å². The fraction of sp³-hybridized carbons (Fsp3) is 0.167. The summed E-state index contributed by atoms with van der Waals surface area (Å²) in [6.07, 6.45) is 0. The van der Waals surface area contributed by atoms with E-state index in [0.717, 1.165) is 17.0 Å². The summed E-state index contributed by atoms with van der Waals surface area (Å²) in [5.74, 6) is 1.86. The number of rotatable bonds is 6. The normalized spacial score (nSPS) is 10.9. The summed E-state index contributed by atoms with van der Waals surface area (Å²) in [4.78, 5) is 1.47. The maximum atomic E-state index is 5.93. The Hall–Kier alpha value is -3.04. The quantitative estimate of drug-likeness (QED) is 0.485. The lowest BCUT2D eigenvalue weighted by Crippen LogP contribution is -2.11. The molecule has 0 saturated heterocycles. The molecule has 0 atom stereocenters.